The van der Waals surface area contributed by atoms with Gasteiger partial charge in [-0.25, -0.2) is 4.79 Å². The summed E-state index contributed by atoms with van der Waals surface area (Å²) in [6.07, 6.45) is 1.27. The number of hydrogen-bond donors (Lipinski definition) is 3. The molecule has 0 saturated heterocycles. The van der Waals surface area contributed by atoms with E-state index in [1.54, 1.807) is 24.3 Å². The molecule has 4 nitrogen and oxygen atoms in total. The van der Waals surface area contributed by atoms with Gasteiger partial charge >= 0.3 is 6.03 Å². The maximum Gasteiger partial charge on any atom is 0.319 e. The molecule has 0 bridgehead atoms. The molecule has 1 unspecified atom stereocenters. The molecule has 18 heavy (non-hydrogen) atoms. The highest BCUT2D eigenvalue weighted by molar-refractivity contribution is 6.30. The zero-order valence-corrected chi connectivity index (χ0v) is 11.4. The van der Waals surface area contributed by atoms with Gasteiger partial charge in [0.1, 0.15) is 0 Å². The van der Waals surface area contributed by atoms with E-state index >= 15 is 0 Å². The highest BCUT2D eigenvalue weighted by atomic mass is 35.5. The summed E-state index contributed by atoms with van der Waals surface area (Å²) in [6.45, 7) is 3.91. The SMILES string of the molecule is CCC(C)(CCO)NC(=O)Nc1cccc(Cl)c1. The zero-order valence-electron chi connectivity index (χ0n) is 10.7. The van der Waals surface area contributed by atoms with E-state index in [0.29, 0.717) is 17.1 Å². The van der Waals surface area contributed by atoms with Crippen molar-refractivity contribution in [2.24, 2.45) is 0 Å². The van der Waals surface area contributed by atoms with Gasteiger partial charge < -0.3 is 15.7 Å². The molecule has 0 aliphatic rings. The summed E-state index contributed by atoms with van der Waals surface area (Å²) >= 11 is 5.83. The molecule has 100 valence electrons. The number of carbonyl (C=O) groups excluding carboxylic acids is 1. The summed E-state index contributed by atoms with van der Waals surface area (Å²) < 4.78 is 0. The minimum absolute atomic E-state index is 0.0434. The van der Waals surface area contributed by atoms with Crippen LogP contribution in [-0.4, -0.2) is 23.3 Å². The third-order valence-electron chi connectivity index (χ3n) is 2.94. The average Bonchev–Trinajstić information content (AvgIpc) is 2.29. The first-order chi connectivity index (χ1) is 8.49. The second-order valence-corrected chi connectivity index (χ2v) is 4.91. The van der Waals surface area contributed by atoms with Crippen molar-refractivity contribution in [3.05, 3.63) is 29.3 Å². The second-order valence-electron chi connectivity index (χ2n) is 4.48. The third kappa shape index (κ3) is 4.55. The van der Waals surface area contributed by atoms with Crippen molar-refractivity contribution in [3.63, 3.8) is 0 Å². The Morgan fingerprint density at radius 3 is 2.78 bits per heavy atom. The van der Waals surface area contributed by atoms with Gasteiger partial charge in [-0.1, -0.05) is 24.6 Å². The summed E-state index contributed by atoms with van der Waals surface area (Å²) in [5.74, 6) is 0. The number of amides is 2. The lowest BCUT2D eigenvalue weighted by Crippen LogP contribution is -2.48. The fraction of sp³-hybridized carbons (Fsp3) is 0.462. The first-order valence-corrected chi connectivity index (χ1v) is 6.32. The molecule has 0 fully saturated rings. The Bertz CT molecular complexity index is 412. The minimum atomic E-state index is -0.405. The number of aliphatic hydroxyl groups excluding tert-OH is 1. The van der Waals surface area contributed by atoms with Crippen LogP contribution in [0.2, 0.25) is 5.02 Å². The van der Waals surface area contributed by atoms with Gasteiger partial charge in [-0.15, -0.1) is 0 Å². The minimum Gasteiger partial charge on any atom is -0.396 e. The molecule has 1 aromatic carbocycles. The van der Waals surface area contributed by atoms with Gasteiger partial charge in [-0.2, -0.15) is 0 Å². The number of halogens is 1. The Hall–Kier alpha value is -1.26. The van der Waals surface area contributed by atoms with Crippen LogP contribution in [0.15, 0.2) is 24.3 Å². The molecule has 0 aliphatic heterocycles. The van der Waals surface area contributed by atoms with Crippen LogP contribution in [0.3, 0.4) is 0 Å². The molecular weight excluding hydrogens is 252 g/mol. The predicted octanol–water partition coefficient (Wildman–Crippen LogP) is 3.01. The second kappa shape index (κ2) is 6.61. The number of aliphatic hydroxyl groups is 1. The largest absolute Gasteiger partial charge is 0.396 e. The Morgan fingerprint density at radius 1 is 1.50 bits per heavy atom. The number of carbonyl (C=O) groups is 1. The monoisotopic (exact) mass is 270 g/mol. The fourth-order valence-corrected chi connectivity index (χ4v) is 1.77. The van der Waals surface area contributed by atoms with Gasteiger partial charge in [0.15, 0.2) is 0 Å². The molecular formula is C13H19ClN2O2. The van der Waals surface area contributed by atoms with Gasteiger partial charge in [0.05, 0.1) is 0 Å². The number of rotatable bonds is 5. The molecule has 0 saturated carbocycles. The maximum absolute atomic E-state index is 11.8. The van der Waals surface area contributed by atoms with E-state index in [4.69, 9.17) is 16.7 Å². The van der Waals surface area contributed by atoms with Gasteiger partial charge in [0, 0.05) is 22.9 Å². The van der Waals surface area contributed by atoms with Crippen LogP contribution >= 0.6 is 11.6 Å². The first-order valence-electron chi connectivity index (χ1n) is 5.94. The van der Waals surface area contributed by atoms with E-state index in [1.807, 2.05) is 13.8 Å². The van der Waals surface area contributed by atoms with E-state index < -0.39 is 5.54 Å². The van der Waals surface area contributed by atoms with Crippen LogP contribution in [0.25, 0.3) is 0 Å². The highest BCUT2D eigenvalue weighted by Crippen LogP contribution is 2.16. The quantitative estimate of drug-likeness (QED) is 0.770. The summed E-state index contributed by atoms with van der Waals surface area (Å²) in [4.78, 5) is 11.8. The molecule has 0 heterocycles. The molecule has 0 aliphatic carbocycles. The van der Waals surface area contributed by atoms with Crippen LogP contribution in [0.1, 0.15) is 26.7 Å². The number of nitrogens with one attached hydrogen (secondary N) is 2. The topological polar surface area (TPSA) is 61.4 Å². The number of anilines is 1. The van der Waals surface area contributed by atoms with Crippen molar-refractivity contribution in [1.82, 2.24) is 5.32 Å². The van der Waals surface area contributed by atoms with Crippen molar-refractivity contribution in [2.75, 3.05) is 11.9 Å². The van der Waals surface area contributed by atoms with E-state index in [0.717, 1.165) is 6.42 Å². The number of urea groups is 1. The van der Waals surface area contributed by atoms with Crippen LogP contribution in [0.5, 0.6) is 0 Å². The molecule has 5 heteroatoms. The van der Waals surface area contributed by atoms with Crippen molar-refractivity contribution in [3.8, 4) is 0 Å². The van der Waals surface area contributed by atoms with Gasteiger partial charge in [0.2, 0.25) is 0 Å². The Balaban J connectivity index is 2.61. The lowest BCUT2D eigenvalue weighted by atomic mass is 9.95. The van der Waals surface area contributed by atoms with E-state index in [-0.39, 0.29) is 12.6 Å². The van der Waals surface area contributed by atoms with Gasteiger partial charge in [-0.3, -0.25) is 0 Å². The molecule has 0 aromatic heterocycles. The van der Waals surface area contributed by atoms with Crippen molar-refractivity contribution in [1.29, 1.82) is 0 Å². The van der Waals surface area contributed by atoms with Crippen molar-refractivity contribution < 1.29 is 9.90 Å². The molecule has 2 amide bonds. The Labute approximate surface area is 112 Å². The molecule has 1 aromatic rings. The lowest BCUT2D eigenvalue weighted by molar-refractivity contribution is 0.208. The standard InChI is InChI=1S/C13H19ClN2O2/c1-3-13(2,7-8-17)16-12(18)15-11-6-4-5-10(14)9-11/h4-6,9,17H,3,7-8H2,1-2H3,(H2,15,16,18). The van der Waals surface area contributed by atoms with Gasteiger partial charge in [0.25, 0.3) is 0 Å². The van der Waals surface area contributed by atoms with Crippen LogP contribution in [0, 0.1) is 0 Å². The first kappa shape index (κ1) is 14.8. The Kier molecular flexibility index (Phi) is 5.44. The number of benzene rings is 1. The summed E-state index contributed by atoms with van der Waals surface area (Å²) in [7, 11) is 0. The smallest absolute Gasteiger partial charge is 0.319 e. The average molecular weight is 271 g/mol. The normalized spacial score (nSPS) is 13.8. The third-order valence-corrected chi connectivity index (χ3v) is 3.18. The van der Waals surface area contributed by atoms with Crippen molar-refractivity contribution in [2.45, 2.75) is 32.2 Å². The summed E-state index contributed by atoms with van der Waals surface area (Å²) in [6, 6.07) is 6.66. The summed E-state index contributed by atoms with van der Waals surface area (Å²) in [5.41, 5.74) is 0.236. The molecule has 1 atom stereocenters. The van der Waals surface area contributed by atoms with E-state index in [2.05, 4.69) is 10.6 Å². The van der Waals surface area contributed by atoms with Crippen LogP contribution < -0.4 is 10.6 Å². The number of hydrogen-bond acceptors (Lipinski definition) is 2. The van der Waals surface area contributed by atoms with Crippen molar-refractivity contribution >= 4 is 23.3 Å². The van der Waals surface area contributed by atoms with E-state index in [1.165, 1.54) is 0 Å². The van der Waals surface area contributed by atoms with E-state index in [9.17, 15) is 4.79 Å². The van der Waals surface area contributed by atoms with Gasteiger partial charge in [-0.05, 0) is 38.0 Å². The molecule has 0 radical (unpaired) electrons. The molecule has 1 rings (SSSR count). The zero-order chi connectivity index (χ0) is 13.6. The Morgan fingerprint density at radius 2 is 2.22 bits per heavy atom. The highest BCUT2D eigenvalue weighted by Gasteiger charge is 2.23. The molecule has 3 N–H and O–H groups in total. The molecule has 0 spiro atoms. The maximum atomic E-state index is 11.8. The summed E-state index contributed by atoms with van der Waals surface area (Å²) in [5, 5.41) is 15.1. The fourth-order valence-electron chi connectivity index (χ4n) is 1.58. The predicted molar refractivity (Wildman–Crippen MR) is 74.0 cm³/mol. The van der Waals surface area contributed by atoms with Crippen LogP contribution in [0.4, 0.5) is 10.5 Å². The lowest BCUT2D eigenvalue weighted by Gasteiger charge is -2.29. The van der Waals surface area contributed by atoms with Crippen LogP contribution in [-0.2, 0) is 0 Å².